The monoisotopic (exact) mass is 370 g/mol. The van der Waals surface area contributed by atoms with Crippen LogP contribution in [0.15, 0.2) is 0 Å². The molecule has 8 heteroatoms. The predicted molar refractivity (Wildman–Crippen MR) is 82.4 cm³/mol. The van der Waals surface area contributed by atoms with Crippen molar-refractivity contribution in [2.45, 2.75) is 13.8 Å². The van der Waals surface area contributed by atoms with Crippen molar-refractivity contribution in [2.75, 3.05) is 6.16 Å². The fourth-order valence-electron chi connectivity index (χ4n) is 1.14. The predicted octanol–water partition coefficient (Wildman–Crippen LogP) is 3.70. The Labute approximate surface area is 151 Å². The van der Waals surface area contributed by atoms with Crippen molar-refractivity contribution in [1.82, 2.24) is 0 Å². The summed E-state index contributed by atoms with van der Waals surface area (Å²) in [7, 11) is 0.599. The van der Waals surface area contributed by atoms with E-state index in [0.717, 1.165) is 0 Å². The van der Waals surface area contributed by atoms with Gasteiger partial charge in [0.15, 0.2) is 0 Å². The summed E-state index contributed by atoms with van der Waals surface area (Å²) in [6, 6.07) is 0. The molecule has 19 heavy (non-hydrogen) atoms. The molecule has 1 nitrogen and oxygen atoms in total. The van der Waals surface area contributed by atoms with E-state index < -0.39 is 0 Å². The van der Waals surface area contributed by atoms with Gasteiger partial charge in [0.2, 0.25) is 0 Å². The minimum Gasteiger partial charge on any atom is -0.459 e. The molecular weight excluding hydrogens is 363 g/mol. The molecule has 1 rings (SSSR count). The maximum absolute atomic E-state index is 12.1. The van der Waals surface area contributed by atoms with Crippen molar-refractivity contribution in [3.05, 3.63) is 30.7 Å². The summed E-state index contributed by atoms with van der Waals surface area (Å²) >= 11 is 29.7. The first kappa shape index (κ1) is 20.4. The summed E-state index contributed by atoms with van der Waals surface area (Å²) in [4.78, 5) is 12.1. The number of benzene rings is 1. The standard InChI is InChI=1S/C11H9Cl5OP.Li/c1-4(2)3-18-11(17)5-6(12)8(14)10(16)9(15)7(5)13;/h4H,3H2,1-2H3;/q-1;+1. The summed E-state index contributed by atoms with van der Waals surface area (Å²) < 4.78 is 0. The first-order valence-electron chi connectivity index (χ1n) is 5.00. The number of hydrogen-bond acceptors (Lipinski definition) is 1. The Morgan fingerprint density at radius 2 is 1.32 bits per heavy atom. The zero-order chi connectivity index (χ0) is 14.0. The number of carbonyl (C=O) groups is 1. The van der Waals surface area contributed by atoms with Gasteiger partial charge < -0.3 is 13.4 Å². The molecule has 0 N–H and O–H groups in total. The summed E-state index contributed by atoms with van der Waals surface area (Å²) in [5.41, 5.74) is -0.0702. The second kappa shape index (κ2) is 8.72. The molecule has 0 amide bonds. The van der Waals surface area contributed by atoms with Gasteiger partial charge in [-0.05, 0) is 0 Å². The van der Waals surface area contributed by atoms with E-state index in [4.69, 9.17) is 58.0 Å². The Kier molecular flexibility index (Phi) is 9.35. The van der Waals surface area contributed by atoms with Gasteiger partial charge in [-0.25, -0.2) is 0 Å². The zero-order valence-electron chi connectivity index (χ0n) is 10.5. The van der Waals surface area contributed by atoms with Crippen LogP contribution in [0.2, 0.25) is 25.1 Å². The average molecular weight is 372 g/mol. The number of carbonyl (C=O) groups excluding carboxylic acids is 1. The molecule has 1 aromatic rings. The fraction of sp³-hybridized carbons (Fsp3) is 0.364. The van der Waals surface area contributed by atoms with Crippen LogP contribution in [0.4, 0.5) is 0 Å². The van der Waals surface area contributed by atoms with Gasteiger partial charge >= 0.3 is 18.9 Å². The van der Waals surface area contributed by atoms with Crippen molar-refractivity contribution in [2.24, 2.45) is 5.92 Å². The molecule has 0 aliphatic heterocycles. The molecule has 0 saturated heterocycles. The van der Waals surface area contributed by atoms with E-state index in [1.54, 1.807) is 0 Å². The van der Waals surface area contributed by atoms with Crippen LogP contribution < -0.4 is 18.9 Å². The zero-order valence-corrected chi connectivity index (χ0v) is 15.2. The third-order valence-corrected chi connectivity index (χ3v) is 5.72. The fourth-order valence-corrected chi connectivity index (χ4v) is 3.49. The molecule has 0 unspecified atom stereocenters. The number of rotatable bonds is 4. The molecule has 0 heterocycles. The van der Waals surface area contributed by atoms with Crippen LogP contribution in [0.5, 0.6) is 0 Å². The number of hydrogen-bond donors (Lipinski definition) is 0. The Balaban J connectivity index is 0.00000324. The molecule has 1 aromatic carbocycles. The molecule has 0 bridgehead atoms. The topological polar surface area (TPSA) is 17.1 Å². The third-order valence-electron chi connectivity index (χ3n) is 2.02. The molecular formula is C11H9Cl5LiOP. The minimum absolute atomic E-state index is 0. The Bertz CT molecular complexity index is 463. The summed E-state index contributed by atoms with van der Waals surface area (Å²) in [6.07, 6.45) is 0.712. The van der Waals surface area contributed by atoms with E-state index >= 15 is 0 Å². The summed E-state index contributed by atoms with van der Waals surface area (Å²) in [5, 5.41) is 0.270. The SMILES string of the molecule is CC(C)C[P-]C(=O)c1c(Cl)c(Cl)c(Cl)c(Cl)c1Cl.[Li+]. The quantitative estimate of drug-likeness (QED) is 0.341. The Hall–Kier alpha value is 1.37. The van der Waals surface area contributed by atoms with Crippen LogP contribution in [-0.4, -0.2) is 11.7 Å². The van der Waals surface area contributed by atoms with Gasteiger partial charge in [0.05, 0.1) is 25.1 Å². The van der Waals surface area contributed by atoms with Gasteiger partial charge in [0.1, 0.15) is 0 Å². The molecule has 0 aliphatic carbocycles. The average Bonchev–Trinajstić information content (AvgIpc) is 2.31. The first-order valence-corrected chi connectivity index (χ1v) is 7.97. The maximum Gasteiger partial charge on any atom is 1.00 e. The van der Waals surface area contributed by atoms with Crippen LogP contribution in [0, 0.1) is 5.92 Å². The van der Waals surface area contributed by atoms with Crippen LogP contribution in [0.1, 0.15) is 24.2 Å². The molecule has 0 radical (unpaired) electrons. The van der Waals surface area contributed by atoms with Crippen molar-refractivity contribution in [3.8, 4) is 0 Å². The molecule has 0 saturated carbocycles. The molecule has 0 fully saturated rings. The smallest absolute Gasteiger partial charge is 0.459 e. The summed E-state index contributed by atoms with van der Waals surface area (Å²) in [6.45, 7) is 4.04. The van der Waals surface area contributed by atoms with Crippen LogP contribution in [0.3, 0.4) is 0 Å². The van der Waals surface area contributed by atoms with E-state index in [2.05, 4.69) is 0 Å². The van der Waals surface area contributed by atoms with E-state index in [9.17, 15) is 4.79 Å². The van der Waals surface area contributed by atoms with E-state index in [1.807, 2.05) is 13.8 Å². The minimum atomic E-state index is -0.209. The van der Waals surface area contributed by atoms with Gasteiger partial charge in [-0.3, -0.25) is 0 Å². The van der Waals surface area contributed by atoms with E-state index in [0.29, 0.717) is 20.7 Å². The van der Waals surface area contributed by atoms with Gasteiger partial charge in [-0.1, -0.05) is 77.8 Å². The second-order valence-electron chi connectivity index (χ2n) is 3.98. The normalized spacial score (nSPS) is 11.2. The summed E-state index contributed by atoms with van der Waals surface area (Å²) in [5.74, 6) is 0.395. The number of halogens is 5. The van der Waals surface area contributed by atoms with Gasteiger partial charge in [0.25, 0.3) is 0 Å². The molecule has 100 valence electrons. The third kappa shape index (κ3) is 4.95. The van der Waals surface area contributed by atoms with Crippen molar-refractivity contribution in [1.29, 1.82) is 0 Å². The van der Waals surface area contributed by atoms with Gasteiger partial charge in [-0.15, -0.1) is 0 Å². The molecule has 0 atom stereocenters. The second-order valence-corrected chi connectivity index (χ2v) is 6.96. The van der Waals surface area contributed by atoms with E-state index in [-0.39, 0.29) is 55.1 Å². The van der Waals surface area contributed by atoms with Gasteiger partial charge in [-0.2, -0.15) is 6.16 Å². The molecule has 0 spiro atoms. The maximum atomic E-state index is 12.1. The Morgan fingerprint density at radius 3 is 1.68 bits per heavy atom. The van der Waals surface area contributed by atoms with Gasteiger partial charge in [0, 0.05) is 11.1 Å². The van der Waals surface area contributed by atoms with Crippen molar-refractivity contribution in [3.63, 3.8) is 0 Å². The van der Waals surface area contributed by atoms with Crippen molar-refractivity contribution >= 4 is 72.1 Å². The largest absolute Gasteiger partial charge is 1.00 e. The molecule has 0 aliphatic rings. The van der Waals surface area contributed by atoms with Crippen LogP contribution >= 0.6 is 66.6 Å². The first-order chi connectivity index (χ1) is 8.27. The Morgan fingerprint density at radius 1 is 0.947 bits per heavy atom. The van der Waals surface area contributed by atoms with E-state index in [1.165, 1.54) is 0 Å². The van der Waals surface area contributed by atoms with Crippen LogP contribution in [-0.2, 0) is 0 Å². The van der Waals surface area contributed by atoms with Crippen molar-refractivity contribution < 1.29 is 23.7 Å². The van der Waals surface area contributed by atoms with Crippen LogP contribution in [0.25, 0.3) is 0 Å². The molecule has 0 aromatic heterocycles.